The Morgan fingerprint density at radius 2 is 2.50 bits per heavy atom. The van der Waals surface area contributed by atoms with Gasteiger partial charge in [0.05, 0.1) is 6.07 Å². The van der Waals surface area contributed by atoms with Gasteiger partial charge in [0, 0.05) is 10.7 Å². The summed E-state index contributed by atoms with van der Waals surface area (Å²) < 4.78 is 0.614. The molecule has 72 valence electrons. The molecule has 1 aromatic heterocycles. The van der Waals surface area contributed by atoms with E-state index in [0.29, 0.717) is 4.47 Å². The van der Waals surface area contributed by atoms with E-state index >= 15 is 0 Å². The van der Waals surface area contributed by atoms with Crippen LogP contribution in [-0.4, -0.2) is 16.9 Å². The third kappa shape index (κ3) is 2.54. The summed E-state index contributed by atoms with van der Waals surface area (Å²) in [4.78, 5) is 15.4. The fourth-order valence-electron chi connectivity index (χ4n) is 0.850. The second-order valence-corrected chi connectivity index (χ2v) is 3.51. The number of carbonyl (C=O) groups is 1. The molecular weight excluding hydrogens is 246 g/mol. The van der Waals surface area contributed by atoms with Crippen LogP contribution in [0.4, 0.5) is 0 Å². The normalized spacial score (nSPS) is 11.5. The van der Waals surface area contributed by atoms with Gasteiger partial charge in [0.2, 0.25) is 0 Å². The lowest BCUT2D eigenvalue weighted by molar-refractivity contribution is 0.0942. The van der Waals surface area contributed by atoms with Gasteiger partial charge in [-0.3, -0.25) is 4.79 Å². The monoisotopic (exact) mass is 253 g/mol. The summed E-state index contributed by atoms with van der Waals surface area (Å²) in [7, 11) is 0. The van der Waals surface area contributed by atoms with Crippen LogP contribution >= 0.6 is 15.9 Å². The summed E-state index contributed by atoms with van der Waals surface area (Å²) in [5, 5.41) is 11.0. The van der Waals surface area contributed by atoms with Crippen LogP contribution in [0.2, 0.25) is 0 Å². The lowest BCUT2D eigenvalue weighted by Gasteiger charge is -2.06. The van der Waals surface area contributed by atoms with Gasteiger partial charge in [-0.1, -0.05) is 0 Å². The molecule has 1 N–H and O–H groups in total. The zero-order valence-electron chi connectivity index (χ0n) is 7.49. The predicted octanol–water partition coefficient (Wildman–Crippen LogP) is 1.49. The highest BCUT2D eigenvalue weighted by Gasteiger charge is 2.12. The SMILES string of the molecule is CC(C#N)NC(=O)c1ncccc1Br. The van der Waals surface area contributed by atoms with Gasteiger partial charge in [0.25, 0.3) is 5.91 Å². The van der Waals surface area contributed by atoms with Crippen LogP contribution in [0.3, 0.4) is 0 Å². The Labute approximate surface area is 90.1 Å². The molecule has 0 aromatic carbocycles. The summed E-state index contributed by atoms with van der Waals surface area (Å²) in [5.41, 5.74) is 0.287. The maximum atomic E-state index is 11.5. The highest BCUT2D eigenvalue weighted by Crippen LogP contribution is 2.12. The number of halogens is 1. The summed E-state index contributed by atoms with van der Waals surface area (Å²) >= 11 is 3.20. The van der Waals surface area contributed by atoms with Crippen molar-refractivity contribution in [2.75, 3.05) is 0 Å². The first-order valence-corrected chi connectivity index (χ1v) is 4.75. The molecule has 0 spiro atoms. The van der Waals surface area contributed by atoms with Crippen LogP contribution in [0.1, 0.15) is 17.4 Å². The lowest BCUT2D eigenvalue weighted by Crippen LogP contribution is -2.32. The molecule has 0 fully saturated rings. The quantitative estimate of drug-likeness (QED) is 0.869. The van der Waals surface area contributed by atoms with E-state index in [1.54, 1.807) is 19.1 Å². The van der Waals surface area contributed by atoms with E-state index in [4.69, 9.17) is 5.26 Å². The smallest absolute Gasteiger partial charge is 0.272 e. The molecule has 0 radical (unpaired) electrons. The van der Waals surface area contributed by atoms with Crippen molar-refractivity contribution in [1.82, 2.24) is 10.3 Å². The molecule has 1 unspecified atom stereocenters. The predicted molar refractivity (Wildman–Crippen MR) is 54.5 cm³/mol. The maximum absolute atomic E-state index is 11.5. The van der Waals surface area contributed by atoms with Gasteiger partial charge in [-0.25, -0.2) is 4.98 Å². The molecule has 0 bridgehead atoms. The van der Waals surface area contributed by atoms with Gasteiger partial charge in [-0.15, -0.1) is 0 Å². The summed E-state index contributed by atoms with van der Waals surface area (Å²) in [5.74, 6) is -0.355. The minimum Gasteiger partial charge on any atom is -0.335 e. The number of carbonyl (C=O) groups excluding carboxylic acids is 1. The number of pyridine rings is 1. The van der Waals surface area contributed by atoms with Gasteiger partial charge in [-0.05, 0) is 35.0 Å². The highest BCUT2D eigenvalue weighted by molar-refractivity contribution is 9.10. The largest absolute Gasteiger partial charge is 0.335 e. The number of amides is 1. The first-order valence-electron chi connectivity index (χ1n) is 3.96. The number of nitrogens with one attached hydrogen (secondary N) is 1. The summed E-state index contributed by atoms with van der Waals surface area (Å²) in [6.07, 6.45) is 1.52. The minimum atomic E-state index is -0.517. The van der Waals surface area contributed by atoms with Crippen molar-refractivity contribution in [3.05, 3.63) is 28.5 Å². The zero-order valence-corrected chi connectivity index (χ0v) is 9.08. The molecule has 5 heteroatoms. The summed E-state index contributed by atoms with van der Waals surface area (Å²) in [6, 6.07) is 4.83. The number of rotatable bonds is 2. The van der Waals surface area contributed by atoms with Crippen molar-refractivity contribution >= 4 is 21.8 Å². The number of hydrogen-bond donors (Lipinski definition) is 1. The molecule has 0 saturated carbocycles. The Bertz CT molecular complexity index is 386. The van der Waals surface area contributed by atoms with Crippen molar-refractivity contribution in [2.24, 2.45) is 0 Å². The van der Waals surface area contributed by atoms with Crippen LogP contribution in [-0.2, 0) is 0 Å². The molecule has 1 aromatic rings. The molecule has 14 heavy (non-hydrogen) atoms. The Morgan fingerprint density at radius 3 is 3.07 bits per heavy atom. The van der Waals surface area contributed by atoms with Gasteiger partial charge < -0.3 is 5.32 Å². The Hall–Kier alpha value is -1.41. The van der Waals surface area contributed by atoms with Crippen molar-refractivity contribution < 1.29 is 4.79 Å². The topological polar surface area (TPSA) is 65.8 Å². The standard InChI is InChI=1S/C9H8BrN3O/c1-6(5-11)13-9(14)8-7(10)3-2-4-12-8/h2-4,6H,1H3,(H,13,14). The van der Waals surface area contributed by atoms with Crippen LogP contribution in [0.15, 0.2) is 22.8 Å². The maximum Gasteiger partial charge on any atom is 0.272 e. The number of nitriles is 1. The molecular formula is C9H8BrN3O. The van der Waals surface area contributed by atoms with E-state index in [-0.39, 0.29) is 11.6 Å². The first kappa shape index (κ1) is 10.7. The number of nitrogens with zero attached hydrogens (tertiary/aromatic N) is 2. The van der Waals surface area contributed by atoms with Crippen molar-refractivity contribution in [3.63, 3.8) is 0 Å². The van der Waals surface area contributed by atoms with E-state index in [0.717, 1.165) is 0 Å². The average molecular weight is 254 g/mol. The number of hydrogen-bond acceptors (Lipinski definition) is 3. The van der Waals surface area contributed by atoms with Gasteiger partial charge in [-0.2, -0.15) is 5.26 Å². The molecule has 1 amide bonds. The third-order valence-corrected chi connectivity index (χ3v) is 2.15. The lowest BCUT2D eigenvalue weighted by atomic mass is 10.3. The Kier molecular flexibility index (Phi) is 3.60. The molecule has 0 saturated heterocycles. The van der Waals surface area contributed by atoms with Gasteiger partial charge in [0.15, 0.2) is 0 Å². The van der Waals surface area contributed by atoms with Crippen molar-refractivity contribution in [3.8, 4) is 6.07 Å². The highest BCUT2D eigenvalue weighted by atomic mass is 79.9. The molecule has 1 atom stereocenters. The summed E-state index contributed by atoms with van der Waals surface area (Å²) in [6.45, 7) is 1.61. The average Bonchev–Trinajstić information content (AvgIpc) is 2.18. The van der Waals surface area contributed by atoms with E-state index in [2.05, 4.69) is 26.2 Å². The first-order chi connectivity index (χ1) is 6.65. The van der Waals surface area contributed by atoms with E-state index in [1.807, 2.05) is 6.07 Å². The van der Waals surface area contributed by atoms with E-state index in [1.165, 1.54) is 6.20 Å². The second kappa shape index (κ2) is 4.72. The molecule has 0 aliphatic carbocycles. The fraction of sp³-hybridized carbons (Fsp3) is 0.222. The molecule has 1 heterocycles. The minimum absolute atomic E-state index is 0.287. The van der Waals surface area contributed by atoms with Crippen LogP contribution < -0.4 is 5.32 Å². The molecule has 1 rings (SSSR count). The Balaban J connectivity index is 2.81. The molecule has 4 nitrogen and oxygen atoms in total. The zero-order chi connectivity index (χ0) is 10.6. The molecule has 0 aliphatic heterocycles. The van der Waals surface area contributed by atoms with Crippen LogP contribution in [0.25, 0.3) is 0 Å². The number of aromatic nitrogens is 1. The van der Waals surface area contributed by atoms with Crippen LogP contribution in [0, 0.1) is 11.3 Å². The molecule has 0 aliphatic rings. The van der Waals surface area contributed by atoms with E-state index < -0.39 is 6.04 Å². The van der Waals surface area contributed by atoms with Gasteiger partial charge in [0.1, 0.15) is 11.7 Å². The second-order valence-electron chi connectivity index (χ2n) is 2.66. The van der Waals surface area contributed by atoms with Crippen LogP contribution in [0.5, 0.6) is 0 Å². The Morgan fingerprint density at radius 1 is 1.79 bits per heavy atom. The van der Waals surface area contributed by atoms with Crippen molar-refractivity contribution in [2.45, 2.75) is 13.0 Å². The third-order valence-electron chi connectivity index (χ3n) is 1.51. The van der Waals surface area contributed by atoms with Gasteiger partial charge >= 0.3 is 0 Å². The van der Waals surface area contributed by atoms with E-state index in [9.17, 15) is 4.79 Å². The fourth-order valence-corrected chi connectivity index (χ4v) is 1.29. The van der Waals surface area contributed by atoms with Crippen molar-refractivity contribution in [1.29, 1.82) is 5.26 Å².